The Kier molecular flexibility index (Phi) is 4.27. The molecule has 0 unspecified atom stereocenters. The summed E-state index contributed by atoms with van der Waals surface area (Å²) in [5, 5.41) is 0. The lowest BCUT2D eigenvalue weighted by atomic mass is 10.3. The van der Waals surface area contributed by atoms with E-state index in [1.165, 1.54) is 28.5 Å². The van der Waals surface area contributed by atoms with Gasteiger partial charge in [0.2, 0.25) is 0 Å². The summed E-state index contributed by atoms with van der Waals surface area (Å²) >= 11 is 11.1. The second-order valence-corrected chi connectivity index (χ2v) is 7.47. The van der Waals surface area contributed by atoms with Gasteiger partial charge in [-0.2, -0.15) is 0 Å². The molecule has 0 amide bonds. The van der Waals surface area contributed by atoms with Gasteiger partial charge in [0.15, 0.2) is 0 Å². The third-order valence-electron chi connectivity index (χ3n) is 2.38. The fourth-order valence-corrected chi connectivity index (χ4v) is 5.63. The number of thiophene rings is 2. The van der Waals surface area contributed by atoms with Gasteiger partial charge in [-0.1, -0.05) is 13.8 Å². The Labute approximate surface area is 121 Å². The molecule has 0 aromatic carbocycles. The standard InChI is InChI=1S/C12H12Br2S2/c1-3-7-5-9(13)11(15-7)12-10(14)6-8(4-2)16-12/h5-6H,3-4H2,1-2H3. The molecule has 86 valence electrons. The molecule has 0 atom stereocenters. The van der Waals surface area contributed by atoms with Gasteiger partial charge in [-0.05, 0) is 56.8 Å². The monoisotopic (exact) mass is 378 g/mol. The third kappa shape index (κ3) is 2.45. The van der Waals surface area contributed by atoms with Crippen molar-refractivity contribution in [3.8, 4) is 9.75 Å². The normalized spacial score (nSPS) is 11.0. The molecule has 0 radical (unpaired) electrons. The van der Waals surface area contributed by atoms with Crippen LogP contribution >= 0.6 is 54.5 Å². The molecule has 2 aromatic rings. The molecule has 0 aliphatic heterocycles. The maximum atomic E-state index is 3.66. The van der Waals surface area contributed by atoms with E-state index in [1.54, 1.807) is 0 Å². The fraction of sp³-hybridized carbons (Fsp3) is 0.333. The molecule has 0 aliphatic rings. The second-order valence-electron chi connectivity index (χ2n) is 3.49. The van der Waals surface area contributed by atoms with Crippen LogP contribution in [0.1, 0.15) is 23.6 Å². The maximum Gasteiger partial charge on any atom is 0.0599 e. The van der Waals surface area contributed by atoms with E-state index in [2.05, 4.69) is 57.8 Å². The van der Waals surface area contributed by atoms with E-state index in [0.29, 0.717) is 0 Å². The van der Waals surface area contributed by atoms with Gasteiger partial charge < -0.3 is 0 Å². The Morgan fingerprint density at radius 2 is 1.25 bits per heavy atom. The minimum Gasteiger partial charge on any atom is -0.138 e. The van der Waals surface area contributed by atoms with Crippen molar-refractivity contribution in [1.82, 2.24) is 0 Å². The summed E-state index contributed by atoms with van der Waals surface area (Å²) < 4.78 is 2.44. The van der Waals surface area contributed by atoms with Crippen molar-refractivity contribution in [2.24, 2.45) is 0 Å². The minimum absolute atomic E-state index is 1.10. The summed E-state index contributed by atoms with van der Waals surface area (Å²) in [6.45, 7) is 4.39. The first-order chi connectivity index (χ1) is 7.65. The molecule has 2 heterocycles. The van der Waals surface area contributed by atoms with Gasteiger partial charge >= 0.3 is 0 Å². The van der Waals surface area contributed by atoms with E-state index >= 15 is 0 Å². The van der Waals surface area contributed by atoms with Crippen molar-refractivity contribution in [2.75, 3.05) is 0 Å². The lowest BCUT2D eigenvalue weighted by Crippen LogP contribution is -1.65. The first kappa shape index (κ1) is 12.8. The van der Waals surface area contributed by atoms with Crippen LogP contribution in [0.25, 0.3) is 9.75 Å². The van der Waals surface area contributed by atoms with E-state index in [9.17, 15) is 0 Å². The van der Waals surface area contributed by atoms with Crippen molar-refractivity contribution in [2.45, 2.75) is 26.7 Å². The highest BCUT2D eigenvalue weighted by atomic mass is 79.9. The molecule has 0 saturated heterocycles. The zero-order valence-electron chi connectivity index (χ0n) is 9.14. The Balaban J connectivity index is 2.48. The van der Waals surface area contributed by atoms with Gasteiger partial charge in [-0.3, -0.25) is 0 Å². The molecule has 0 aliphatic carbocycles. The van der Waals surface area contributed by atoms with Gasteiger partial charge in [-0.15, -0.1) is 22.7 Å². The SMILES string of the molecule is CCc1cc(Br)c(-c2sc(CC)cc2Br)s1. The first-order valence-corrected chi connectivity index (χ1v) is 8.44. The van der Waals surface area contributed by atoms with Crippen molar-refractivity contribution < 1.29 is 0 Å². The summed E-state index contributed by atoms with van der Waals surface area (Å²) in [6, 6.07) is 4.47. The molecule has 0 bridgehead atoms. The lowest BCUT2D eigenvalue weighted by Gasteiger charge is -1.94. The highest BCUT2D eigenvalue weighted by molar-refractivity contribution is 9.11. The Morgan fingerprint density at radius 3 is 1.50 bits per heavy atom. The maximum absolute atomic E-state index is 3.66. The summed E-state index contributed by atoms with van der Waals surface area (Å²) in [5.74, 6) is 0. The molecule has 16 heavy (non-hydrogen) atoms. The van der Waals surface area contributed by atoms with E-state index in [4.69, 9.17) is 0 Å². The third-order valence-corrected chi connectivity index (χ3v) is 6.88. The molecular formula is C12H12Br2S2. The summed E-state index contributed by atoms with van der Waals surface area (Å²) in [5.41, 5.74) is 0. The molecule has 4 heteroatoms. The zero-order chi connectivity index (χ0) is 11.7. The van der Waals surface area contributed by atoms with Crippen LogP contribution in [0.4, 0.5) is 0 Å². The largest absolute Gasteiger partial charge is 0.138 e. The number of hydrogen-bond donors (Lipinski definition) is 0. The quantitative estimate of drug-likeness (QED) is 0.601. The van der Waals surface area contributed by atoms with Crippen LogP contribution in [0.2, 0.25) is 0 Å². The van der Waals surface area contributed by atoms with E-state index in [1.807, 2.05) is 22.7 Å². The number of halogens is 2. The Bertz CT molecular complexity index is 451. The second kappa shape index (κ2) is 5.34. The average Bonchev–Trinajstić information content (AvgIpc) is 2.81. The minimum atomic E-state index is 1.10. The summed E-state index contributed by atoms with van der Waals surface area (Å²) in [7, 11) is 0. The molecular weight excluding hydrogens is 368 g/mol. The number of rotatable bonds is 3. The molecule has 2 rings (SSSR count). The van der Waals surface area contributed by atoms with Gasteiger partial charge in [0.1, 0.15) is 0 Å². The van der Waals surface area contributed by atoms with Crippen LogP contribution in [-0.4, -0.2) is 0 Å². The van der Waals surface area contributed by atoms with Crippen LogP contribution in [-0.2, 0) is 12.8 Å². The molecule has 0 N–H and O–H groups in total. The van der Waals surface area contributed by atoms with Crippen molar-refractivity contribution in [3.05, 3.63) is 30.8 Å². The van der Waals surface area contributed by atoms with Crippen molar-refractivity contribution in [3.63, 3.8) is 0 Å². The van der Waals surface area contributed by atoms with E-state index in [0.717, 1.165) is 12.8 Å². The van der Waals surface area contributed by atoms with Gasteiger partial charge in [-0.25, -0.2) is 0 Å². The first-order valence-electron chi connectivity index (χ1n) is 5.22. The van der Waals surface area contributed by atoms with Crippen LogP contribution in [0.5, 0.6) is 0 Å². The van der Waals surface area contributed by atoms with Crippen LogP contribution in [0.15, 0.2) is 21.1 Å². The highest BCUT2D eigenvalue weighted by Crippen LogP contribution is 2.44. The van der Waals surface area contributed by atoms with Gasteiger partial charge in [0, 0.05) is 18.7 Å². The van der Waals surface area contributed by atoms with Crippen LogP contribution < -0.4 is 0 Å². The van der Waals surface area contributed by atoms with E-state index < -0.39 is 0 Å². The van der Waals surface area contributed by atoms with Crippen molar-refractivity contribution in [1.29, 1.82) is 0 Å². The number of hydrogen-bond acceptors (Lipinski definition) is 2. The highest BCUT2D eigenvalue weighted by Gasteiger charge is 2.14. The Morgan fingerprint density at radius 1 is 0.875 bits per heavy atom. The van der Waals surface area contributed by atoms with Crippen LogP contribution in [0, 0.1) is 0 Å². The van der Waals surface area contributed by atoms with E-state index in [-0.39, 0.29) is 0 Å². The van der Waals surface area contributed by atoms with Gasteiger partial charge in [0.05, 0.1) is 9.75 Å². The van der Waals surface area contributed by atoms with Gasteiger partial charge in [0.25, 0.3) is 0 Å². The molecule has 0 fully saturated rings. The van der Waals surface area contributed by atoms with Crippen LogP contribution in [0.3, 0.4) is 0 Å². The fourth-order valence-electron chi connectivity index (χ4n) is 1.49. The summed E-state index contributed by atoms with van der Waals surface area (Å²) in [4.78, 5) is 5.57. The molecule has 0 saturated carbocycles. The topological polar surface area (TPSA) is 0 Å². The van der Waals surface area contributed by atoms with Crippen molar-refractivity contribution >= 4 is 54.5 Å². The lowest BCUT2D eigenvalue weighted by molar-refractivity contribution is 1.18. The smallest absolute Gasteiger partial charge is 0.0599 e. The molecule has 0 spiro atoms. The average molecular weight is 380 g/mol. The molecule has 2 aromatic heterocycles. The zero-order valence-corrected chi connectivity index (χ0v) is 13.9. The predicted molar refractivity (Wildman–Crippen MR) is 81.8 cm³/mol. The molecule has 0 nitrogen and oxygen atoms in total. The predicted octanol–water partition coefficient (Wildman–Crippen LogP) is 6.13. The number of aryl methyl sites for hydroxylation is 2. The summed E-state index contributed by atoms with van der Waals surface area (Å²) in [6.07, 6.45) is 2.21. The Hall–Kier alpha value is 0.360.